The third-order valence-corrected chi connectivity index (χ3v) is 6.23. The number of nitrogens with one attached hydrogen (secondary N) is 1. The number of amides is 1. The monoisotopic (exact) mass is 415 g/mol. The van der Waals surface area contributed by atoms with Crippen molar-refractivity contribution in [3.8, 4) is 5.75 Å². The Labute approximate surface area is 171 Å². The number of nitrogens with zero attached hydrogens (tertiary/aromatic N) is 2. The van der Waals surface area contributed by atoms with Gasteiger partial charge in [-0.15, -0.1) is 4.40 Å². The van der Waals surface area contributed by atoms with Crippen LogP contribution in [0.1, 0.15) is 49.2 Å². The maximum Gasteiger partial charge on any atom is 0.286 e. The molecule has 1 atom stereocenters. The van der Waals surface area contributed by atoms with Crippen LogP contribution in [-0.4, -0.2) is 33.8 Å². The second-order valence-electron chi connectivity index (χ2n) is 6.92. The van der Waals surface area contributed by atoms with Gasteiger partial charge in [-0.3, -0.25) is 4.79 Å². The van der Waals surface area contributed by atoms with Crippen molar-refractivity contribution in [2.24, 2.45) is 4.40 Å². The first-order valence-electron chi connectivity index (χ1n) is 9.44. The van der Waals surface area contributed by atoms with E-state index in [1.165, 1.54) is 6.07 Å². The van der Waals surface area contributed by atoms with Gasteiger partial charge in [-0.05, 0) is 56.2 Å². The molecule has 0 spiro atoms. The van der Waals surface area contributed by atoms with Gasteiger partial charge in [0.05, 0.1) is 18.8 Å². The molecule has 1 N–H and O–H groups in total. The number of carbonyl (C=O) groups excluding carboxylic acids is 1. The van der Waals surface area contributed by atoms with Gasteiger partial charge in [0, 0.05) is 12.1 Å². The largest absolute Gasteiger partial charge is 0.497 e. The van der Waals surface area contributed by atoms with E-state index in [1.807, 2.05) is 43.0 Å². The fraction of sp³-hybridized carbons (Fsp3) is 0.333. The van der Waals surface area contributed by atoms with Crippen LogP contribution in [0.5, 0.6) is 5.75 Å². The number of benzene rings is 2. The second kappa shape index (κ2) is 8.24. The summed E-state index contributed by atoms with van der Waals surface area (Å²) < 4.78 is 34.1. The Hall–Kier alpha value is -2.87. The highest BCUT2D eigenvalue weighted by Crippen LogP contribution is 2.32. The topological polar surface area (TPSA) is 88.1 Å². The normalized spacial score (nSPS) is 15.9. The second-order valence-corrected chi connectivity index (χ2v) is 8.49. The molecule has 0 radical (unpaired) electrons. The predicted octanol–water partition coefficient (Wildman–Crippen LogP) is 3.52. The standard InChI is InChI=1S/C21H25N3O4S/c1-5-12-24-15(3)23-29(26,27)20-13-17(8-11-19(20)24)21(25)22-14(2)16-6-9-18(28-4)10-7-16/h6-11,13-14H,5,12H2,1-4H3,(H,22,25)/t14-/m0/s1. The smallest absolute Gasteiger partial charge is 0.286 e. The molecule has 0 saturated carbocycles. The van der Waals surface area contributed by atoms with E-state index < -0.39 is 10.0 Å². The fourth-order valence-corrected chi connectivity index (χ4v) is 4.56. The Bertz CT molecular complexity index is 1050. The van der Waals surface area contributed by atoms with Gasteiger partial charge in [0.15, 0.2) is 0 Å². The van der Waals surface area contributed by atoms with Gasteiger partial charge in [-0.2, -0.15) is 8.42 Å². The number of fused-ring (bicyclic) bond motifs is 1. The molecule has 1 aliphatic rings. The van der Waals surface area contributed by atoms with Gasteiger partial charge in [0.1, 0.15) is 16.5 Å². The fourth-order valence-electron chi connectivity index (χ4n) is 3.29. The summed E-state index contributed by atoms with van der Waals surface area (Å²) in [4.78, 5) is 14.7. The highest BCUT2D eigenvalue weighted by Gasteiger charge is 2.29. The van der Waals surface area contributed by atoms with Crippen LogP contribution in [-0.2, 0) is 10.0 Å². The van der Waals surface area contributed by atoms with E-state index in [2.05, 4.69) is 9.71 Å². The number of carbonyl (C=O) groups is 1. The van der Waals surface area contributed by atoms with E-state index in [4.69, 9.17) is 4.74 Å². The first-order valence-corrected chi connectivity index (χ1v) is 10.9. The van der Waals surface area contributed by atoms with Gasteiger partial charge in [0.2, 0.25) is 0 Å². The molecule has 3 rings (SSSR count). The maximum atomic E-state index is 12.7. The number of sulfonamides is 1. The average molecular weight is 416 g/mol. The number of amidine groups is 1. The molecule has 0 aromatic heterocycles. The van der Waals surface area contributed by atoms with Crippen molar-refractivity contribution in [2.45, 2.75) is 38.1 Å². The van der Waals surface area contributed by atoms with Crippen LogP contribution < -0.4 is 15.0 Å². The van der Waals surface area contributed by atoms with E-state index in [0.717, 1.165) is 17.7 Å². The molecule has 7 nitrogen and oxygen atoms in total. The van der Waals surface area contributed by atoms with Crippen molar-refractivity contribution < 1.29 is 17.9 Å². The lowest BCUT2D eigenvalue weighted by atomic mass is 10.1. The molecule has 2 aromatic carbocycles. The highest BCUT2D eigenvalue weighted by atomic mass is 32.2. The summed E-state index contributed by atoms with van der Waals surface area (Å²) in [6, 6.07) is 11.9. The first-order chi connectivity index (χ1) is 13.8. The predicted molar refractivity (Wildman–Crippen MR) is 113 cm³/mol. The van der Waals surface area contributed by atoms with Crippen LogP contribution in [0.15, 0.2) is 51.8 Å². The van der Waals surface area contributed by atoms with Gasteiger partial charge in [-0.1, -0.05) is 19.1 Å². The number of hydrogen-bond acceptors (Lipinski definition) is 5. The summed E-state index contributed by atoms with van der Waals surface area (Å²) in [5.41, 5.74) is 1.75. The Kier molecular flexibility index (Phi) is 5.93. The number of ether oxygens (including phenoxy) is 1. The van der Waals surface area contributed by atoms with Gasteiger partial charge >= 0.3 is 0 Å². The number of methoxy groups -OCH3 is 1. The minimum absolute atomic E-state index is 0.0568. The van der Waals surface area contributed by atoms with Crippen molar-refractivity contribution in [1.82, 2.24) is 5.32 Å². The van der Waals surface area contributed by atoms with Crippen LogP contribution in [0.3, 0.4) is 0 Å². The van der Waals surface area contributed by atoms with E-state index in [9.17, 15) is 13.2 Å². The molecular formula is C21H25N3O4S. The zero-order chi connectivity index (χ0) is 21.2. The van der Waals surface area contributed by atoms with E-state index in [0.29, 0.717) is 18.1 Å². The molecule has 29 heavy (non-hydrogen) atoms. The molecule has 1 amide bonds. The van der Waals surface area contributed by atoms with Crippen LogP contribution in [0.25, 0.3) is 0 Å². The van der Waals surface area contributed by atoms with E-state index in [1.54, 1.807) is 26.2 Å². The van der Waals surface area contributed by atoms with Gasteiger partial charge < -0.3 is 15.0 Å². The lowest BCUT2D eigenvalue weighted by Gasteiger charge is -2.29. The third kappa shape index (κ3) is 4.27. The summed E-state index contributed by atoms with van der Waals surface area (Å²) in [7, 11) is -2.24. The molecular weight excluding hydrogens is 390 g/mol. The Morgan fingerprint density at radius 2 is 1.90 bits per heavy atom. The van der Waals surface area contributed by atoms with E-state index >= 15 is 0 Å². The summed E-state index contributed by atoms with van der Waals surface area (Å²) in [5, 5.41) is 2.91. The number of hydrogen-bond donors (Lipinski definition) is 1. The molecule has 0 saturated heterocycles. The lowest BCUT2D eigenvalue weighted by Crippen LogP contribution is -2.35. The van der Waals surface area contributed by atoms with Crippen LogP contribution >= 0.6 is 0 Å². The molecule has 1 heterocycles. The number of anilines is 1. The summed E-state index contributed by atoms with van der Waals surface area (Å²) in [6.45, 7) is 6.20. The lowest BCUT2D eigenvalue weighted by molar-refractivity contribution is 0.0939. The van der Waals surface area contributed by atoms with Crippen molar-refractivity contribution in [3.05, 3.63) is 53.6 Å². The van der Waals surface area contributed by atoms with Gasteiger partial charge in [-0.25, -0.2) is 0 Å². The third-order valence-electron chi connectivity index (χ3n) is 4.84. The minimum atomic E-state index is -3.83. The van der Waals surface area contributed by atoms with Crippen LogP contribution in [0.2, 0.25) is 0 Å². The van der Waals surface area contributed by atoms with Crippen molar-refractivity contribution >= 4 is 27.5 Å². The van der Waals surface area contributed by atoms with Gasteiger partial charge in [0.25, 0.3) is 15.9 Å². The van der Waals surface area contributed by atoms with Crippen molar-refractivity contribution in [2.75, 3.05) is 18.6 Å². The quantitative estimate of drug-likeness (QED) is 0.780. The average Bonchev–Trinajstić information content (AvgIpc) is 2.70. The molecule has 2 aromatic rings. The van der Waals surface area contributed by atoms with Crippen molar-refractivity contribution in [3.63, 3.8) is 0 Å². The molecule has 0 unspecified atom stereocenters. The molecule has 0 bridgehead atoms. The molecule has 1 aliphatic heterocycles. The Morgan fingerprint density at radius 3 is 2.52 bits per heavy atom. The maximum absolute atomic E-state index is 12.7. The van der Waals surface area contributed by atoms with E-state index in [-0.39, 0.29) is 22.4 Å². The summed E-state index contributed by atoms with van der Waals surface area (Å²) in [6.07, 6.45) is 0.841. The zero-order valence-corrected chi connectivity index (χ0v) is 17.8. The minimum Gasteiger partial charge on any atom is -0.497 e. The van der Waals surface area contributed by atoms with Crippen molar-refractivity contribution in [1.29, 1.82) is 0 Å². The van der Waals surface area contributed by atoms with Crippen LogP contribution in [0.4, 0.5) is 5.69 Å². The molecule has 0 fully saturated rings. The molecule has 0 aliphatic carbocycles. The Morgan fingerprint density at radius 1 is 1.21 bits per heavy atom. The summed E-state index contributed by atoms with van der Waals surface area (Å²) >= 11 is 0. The molecule has 154 valence electrons. The highest BCUT2D eigenvalue weighted by molar-refractivity contribution is 7.90. The SMILES string of the molecule is CCCN1C(C)=NS(=O)(=O)c2cc(C(=O)N[C@@H](C)c3ccc(OC)cc3)ccc21. The van der Waals surface area contributed by atoms with Crippen LogP contribution in [0, 0.1) is 0 Å². The number of rotatable bonds is 6. The first kappa shape index (κ1) is 20.9. The zero-order valence-electron chi connectivity index (χ0n) is 17.0. The summed E-state index contributed by atoms with van der Waals surface area (Å²) in [5.74, 6) is 0.823. The Balaban J connectivity index is 1.86. The molecule has 8 heteroatoms.